The Morgan fingerprint density at radius 1 is 1.00 bits per heavy atom. The van der Waals surface area contributed by atoms with Crippen LogP contribution < -0.4 is 5.56 Å². The molecule has 0 fully saturated rings. The third-order valence-corrected chi connectivity index (χ3v) is 3.55. The molecule has 1 N–H and O–H groups in total. The number of fused-ring (bicyclic) bond motifs is 1. The van der Waals surface area contributed by atoms with Crippen LogP contribution in [0.15, 0.2) is 53.3 Å². The van der Waals surface area contributed by atoms with Gasteiger partial charge < -0.3 is 4.98 Å². The second kappa shape index (κ2) is 4.56. The molecule has 2 aromatic carbocycles. The maximum atomic E-state index is 12.0. The number of hydrogen-bond acceptors (Lipinski definition) is 1. The molecule has 0 spiro atoms. The smallest absolute Gasteiger partial charge is 0.251 e. The quantitative estimate of drug-likeness (QED) is 0.707. The summed E-state index contributed by atoms with van der Waals surface area (Å²) in [6, 6.07) is 15.4. The van der Waals surface area contributed by atoms with E-state index in [0.717, 1.165) is 27.6 Å². The van der Waals surface area contributed by atoms with E-state index in [1.165, 1.54) is 0 Å². The van der Waals surface area contributed by atoms with Crippen LogP contribution in [-0.4, -0.2) is 4.98 Å². The highest BCUT2D eigenvalue weighted by Crippen LogP contribution is 2.29. The predicted octanol–water partition coefficient (Wildman–Crippen LogP) is 4.16. The number of halogens is 1. The summed E-state index contributed by atoms with van der Waals surface area (Å²) in [5.74, 6) is 0. The first-order valence-electron chi connectivity index (χ1n) is 6.04. The fraction of sp³-hybridized carbons (Fsp3) is 0.0625. The fourth-order valence-corrected chi connectivity index (χ4v) is 2.46. The molecule has 94 valence electrons. The van der Waals surface area contributed by atoms with Crippen molar-refractivity contribution in [3.63, 3.8) is 0 Å². The molecule has 0 aliphatic heterocycles. The molecule has 3 rings (SSSR count). The summed E-state index contributed by atoms with van der Waals surface area (Å²) >= 11 is 5.92. The van der Waals surface area contributed by atoms with Crippen molar-refractivity contribution in [1.82, 2.24) is 4.98 Å². The predicted molar refractivity (Wildman–Crippen MR) is 79.8 cm³/mol. The van der Waals surface area contributed by atoms with E-state index in [9.17, 15) is 4.79 Å². The molecule has 3 aromatic rings. The summed E-state index contributed by atoms with van der Waals surface area (Å²) in [6.07, 6.45) is 0. The van der Waals surface area contributed by atoms with E-state index in [0.29, 0.717) is 5.02 Å². The van der Waals surface area contributed by atoms with Gasteiger partial charge in [0.2, 0.25) is 0 Å². The van der Waals surface area contributed by atoms with Crippen molar-refractivity contribution in [2.75, 3.05) is 0 Å². The topological polar surface area (TPSA) is 32.9 Å². The maximum absolute atomic E-state index is 12.0. The van der Waals surface area contributed by atoms with Gasteiger partial charge in [-0.3, -0.25) is 4.79 Å². The minimum Gasteiger partial charge on any atom is -0.322 e. The second-order valence-electron chi connectivity index (χ2n) is 4.51. The van der Waals surface area contributed by atoms with Gasteiger partial charge in [-0.15, -0.1) is 0 Å². The summed E-state index contributed by atoms with van der Waals surface area (Å²) in [7, 11) is 0. The van der Waals surface area contributed by atoms with Gasteiger partial charge in [0.05, 0.1) is 0 Å². The molecule has 0 aliphatic rings. The highest BCUT2D eigenvalue weighted by atomic mass is 35.5. The monoisotopic (exact) mass is 269 g/mol. The average Bonchev–Trinajstić information content (AvgIpc) is 2.42. The van der Waals surface area contributed by atoms with Gasteiger partial charge in [-0.25, -0.2) is 0 Å². The van der Waals surface area contributed by atoms with Gasteiger partial charge in [-0.1, -0.05) is 41.9 Å². The van der Waals surface area contributed by atoms with Gasteiger partial charge in [0, 0.05) is 21.5 Å². The zero-order chi connectivity index (χ0) is 13.4. The van der Waals surface area contributed by atoms with Crippen molar-refractivity contribution in [2.24, 2.45) is 0 Å². The van der Waals surface area contributed by atoms with Crippen molar-refractivity contribution in [1.29, 1.82) is 0 Å². The molecule has 1 aromatic heterocycles. The number of para-hydroxylation sites is 1. The number of benzene rings is 2. The number of aromatic nitrogens is 1. The summed E-state index contributed by atoms with van der Waals surface area (Å²) in [5.41, 5.74) is 3.49. The molecule has 0 unspecified atom stereocenters. The van der Waals surface area contributed by atoms with Crippen molar-refractivity contribution in [3.8, 4) is 11.1 Å². The largest absolute Gasteiger partial charge is 0.322 e. The summed E-state index contributed by atoms with van der Waals surface area (Å²) in [5, 5.41) is 1.73. The van der Waals surface area contributed by atoms with E-state index in [1.54, 1.807) is 0 Å². The van der Waals surface area contributed by atoms with E-state index in [4.69, 9.17) is 11.6 Å². The summed E-state index contributed by atoms with van der Waals surface area (Å²) in [6.45, 7) is 1.84. The fourth-order valence-electron chi connectivity index (χ4n) is 2.33. The Bertz CT molecular complexity index is 803. The van der Waals surface area contributed by atoms with Crippen LogP contribution in [0.25, 0.3) is 22.0 Å². The van der Waals surface area contributed by atoms with Crippen LogP contribution in [0.1, 0.15) is 5.56 Å². The zero-order valence-corrected chi connectivity index (χ0v) is 11.2. The molecule has 1 heterocycles. The van der Waals surface area contributed by atoms with E-state index in [2.05, 4.69) is 4.98 Å². The zero-order valence-electron chi connectivity index (χ0n) is 10.4. The lowest BCUT2D eigenvalue weighted by molar-refractivity contribution is 1.24. The first-order valence-corrected chi connectivity index (χ1v) is 6.42. The van der Waals surface area contributed by atoms with Gasteiger partial charge >= 0.3 is 0 Å². The maximum Gasteiger partial charge on any atom is 0.251 e. The SMILES string of the molecule is Cc1c(-c2ccc(Cl)cc2)c2ccccc2[nH]c1=O. The van der Waals surface area contributed by atoms with Gasteiger partial charge in [0.15, 0.2) is 0 Å². The molecular weight excluding hydrogens is 258 g/mol. The van der Waals surface area contributed by atoms with Crippen LogP contribution >= 0.6 is 11.6 Å². The van der Waals surface area contributed by atoms with Crippen LogP contribution in [0.4, 0.5) is 0 Å². The van der Waals surface area contributed by atoms with Gasteiger partial charge in [-0.2, -0.15) is 0 Å². The first kappa shape index (κ1) is 12.0. The molecular formula is C16H12ClNO. The number of aromatic amines is 1. The molecule has 0 saturated heterocycles. The standard InChI is InChI=1S/C16H12ClNO/c1-10-15(11-6-8-12(17)9-7-11)13-4-2-3-5-14(13)18-16(10)19/h2-9H,1H3,(H,18,19). The van der Waals surface area contributed by atoms with Crippen molar-refractivity contribution >= 4 is 22.5 Å². The number of hydrogen-bond donors (Lipinski definition) is 1. The van der Waals surface area contributed by atoms with E-state index in [1.807, 2.05) is 55.5 Å². The highest BCUT2D eigenvalue weighted by molar-refractivity contribution is 6.30. The highest BCUT2D eigenvalue weighted by Gasteiger charge is 2.10. The van der Waals surface area contributed by atoms with Crippen LogP contribution in [0.2, 0.25) is 5.02 Å². The van der Waals surface area contributed by atoms with E-state index < -0.39 is 0 Å². The van der Waals surface area contributed by atoms with Crippen molar-refractivity contribution in [2.45, 2.75) is 6.92 Å². The second-order valence-corrected chi connectivity index (χ2v) is 4.94. The minimum absolute atomic E-state index is 0.0522. The van der Waals surface area contributed by atoms with E-state index >= 15 is 0 Å². The third kappa shape index (κ3) is 2.04. The Morgan fingerprint density at radius 3 is 2.42 bits per heavy atom. The molecule has 0 saturated carbocycles. The Kier molecular flexibility index (Phi) is 2.88. The Labute approximate surface area is 115 Å². The number of rotatable bonds is 1. The summed E-state index contributed by atoms with van der Waals surface area (Å²) in [4.78, 5) is 14.9. The van der Waals surface area contributed by atoms with Crippen molar-refractivity contribution in [3.05, 3.63) is 69.5 Å². The van der Waals surface area contributed by atoms with Crippen LogP contribution in [-0.2, 0) is 0 Å². The van der Waals surface area contributed by atoms with Crippen LogP contribution in [0, 0.1) is 6.92 Å². The van der Waals surface area contributed by atoms with Gasteiger partial charge in [0.1, 0.15) is 0 Å². The van der Waals surface area contributed by atoms with Gasteiger partial charge in [-0.05, 0) is 36.2 Å². The normalized spacial score (nSPS) is 10.8. The van der Waals surface area contributed by atoms with E-state index in [-0.39, 0.29) is 5.56 Å². The molecule has 19 heavy (non-hydrogen) atoms. The Morgan fingerprint density at radius 2 is 1.68 bits per heavy atom. The first-order chi connectivity index (χ1) is 9.16. The molecule has 0 amide bonds. The van der Waals surface area contributed by atoms with Crippen LogP contribution in [0.3, 0.4) is 0 Å². The number of pyridine rings is 1. The molecule has 0 atom stereocenters. The third-order valence-electron chi connectivity index (χ3n) is 3.29. The number of nitrogens with one attached hydrogen (secondary N) is 1. The lowest BCUT2D eigenvalue weighted by Gasteiger charge is -2.10. The minimum atomic E-state index is -0.0522. The van der Waals surface area contributed by atoms with Gasteiger partial charge in [0.25, 0.3) is 5.56 Å². The van der Waals surface area contributed by atoms with Crippen molar-refractivity contribution < 1.29 is 0 Å². The molecule has 3 heteroatoms. The summed E-state index contributed by atoms with van der Waals surface area (Å²) < 4.78 is 0. The van der Waals surface area contributed by atoms with Crippen LogP contribution in [0.5, 0.6) is 0 Å². The molecule has 0 radical (unpaired) electrons. The lowest BCUT2D eigenvalue weighted by atomic mass is 9.97. The molecule has 2 nitrogen and oxygen atoms in total. The number of H-pyrrole nitrogens is 1. The lowest BCUT2D eigenvalue weighted by Crippen LogP contribution is -2.11. The molecule has 0 bridgehead atoms. The molecule has 0 aliphatic carbocycles. The Hall–Kier alpha value is -2.06. The average molecular weight is 270 g/mol. The Balaban J connectivity index is 2.42.